The summed E-state index contributed by atoms with van der Waals surface area (Å²) >= 11 is 0. The third kappa shape index (κ3) is 10.6. The number of aliphatic carboxylic acids is 1. The van der Waals surface area contributed by atoms with Gasteiger partial charge in [-0.1, -0.05) is 6.92 Å². The lowest BCUT2D eigenvalue weighted by Gasteiger charge is -2.40. The molecule has 0 spiro atoms. The second-order valence-corrected chi connectivity index (χ2v) is 12.0. The van der Waals surface area contributed by atoms with E-state index in [0.29, 0.717) is 12.1 Å². The number of halogens is 9. The molecule has 4 rings (SSSR count). The molecule has 0 radical (unpaired) electrons. The number of nitrogens with zero attached hydrogens (tertiary/aromatic N) is 4. The zero-order valence-electron chi connectivity index (χ0n) is 27.8. The highest BCUT2D eigenvalue weighted by molar-refractivity contribution is 5.90. The molecule has 0 aliphatic carbocycles. The molecule has 2 N–H and O–H groups in total. The number of fused-ring (bicyclic) bond motifs is 1. The van der Waals surface area contributed by atoms with Gasteiger partial charge in [-0.3, -0.25) is 9.69 Å². The van der Waals surface area contributed by atoms with E-state index in [1.807, 2.05) is 6.07 Å². The van der Waals surface area contributed by atoms with Crippen molar-refractivity contribution in [3.63, 3.8) is 0 Å². The third-order valence-electron chi connectivity index (χ3n) is 8.13. The average Bonchev–Trinajstić information content (AvgIpc) is 3.07. The first-order chi connectivity index (χ1) is 24.8. The maximum Gasteiger partial charge on any atom is 0.416 e. The largest absolute Gasteiger partial charge is 0.490 e. The Balaban J connectivity index is 1.75. The summed E-state index contributed by atoms with van der Waals surface area (Å²) in [6.45, 7) is 1.36. The molecule has 2 atom stereocenters. The monoisotopic (exact) mass is 761 g/mol. The number of amides is 1. The molecule has 0 saturated carbocycles. The molecule has 0 unspecified atom stereocenters. The Hall–Kier alpha value is -5.28. The van der Waals surface area contributed by atoms with Crippen LogP contribution in [0, 0.1) is 11.3 Å². The fourth-order valence-electron chi connectivity index (χ4n) is 5.64. The second kappa shape index (κ2) is 16.6. The first-order valence-electron chi connectivity index (χ1n) is 16.1. The molecule has 19 heteroatoms. The Kier molecular flexibility index (Phi) is 12.7. The van der Waals surface area contributed by atoms with Crippen LogP contribution in [0.5, 0.6) is 5.75 Å². The number of aromatic nitrogens is 2. The predicted octanol–water partition coefficient (Wildman–Crippen LogP) is 8.95. The highest BCUT2D eigenvalue weighted by Gasteiger charge is 2.40. The van der Waals surface area contributed by atoms with Crippen molar-refractivity contribution in [2.45, 2.75) is 82.5 Å². The molecule has 53 heavy (non-hydrogen) atoms. The maximum absolute atomic E-state index is 13.9. The molecule has 2 heterocycles. The number of carboxylic acid groups (broad SMARTS) is 1. The van der Waals surface area contributed by atoms with Gasteiger partial charge in [0.2, 0.25) is 5.95 Å². The lowest BCUT2D eigenvalue weighted by atomic mass is 9.89. The van der Waals surface area contributed by atoms with E-state index in [9.17, 15) is 49.1 Å². The summed E-state index contributed by atoms with van der Waals surface area (Å²) in [6, 6.07) is 3.94. The topological polar surface area (TPSA) is 138 Å². The van der Waals surface area contributed by atoms with Crippen LogP contribution in [-0.2, 0) is 34.5 Å². The molecular weight excluding hydrogens is 729 g/mol. The normalized spacial score (nSPS) is 16.1. The quantitative estimate of drug-likeness (QED) is 0.129. The number of hydrogen-bond donors (Lipinski definition) is 2. The molecule has 0 fully saturated rings. The Morgan fingerprint density at radius 3 is 2.21 bits per heavy atom. The molecule has 0 bridgehead atoms. The summed E-state index contributed by atoms with van der Waals surface area (Å²) in [5.74, 6) is -1.50. The number of hydrogen-bond acceptors (Lipinski definition) is 8. The summed E-state index contributed by atoms with van der Waals surface area (Å²) in [6.07, 6.45) is -15.2. The van der Waals surface area contributed by atoms with Crippen molar-refractivity contribution in [1.29, 1.82) is 5.26 Å². The number of carboxylic acids is 1. The smallest absolute Gasteiger partial charge is 0.416 e. The van der Waals surface area contributed by atoms with Crippen molar-refractivity contribution in [2.24, 2.45) is 0 Å². The minimum absolute atomic E-state index is 0.00846. The number of carbonyl (C=O) groups excluding carboxylic acids is 1. The SMILES string of the molecule is CC[C@@H]1C[C@H](Nc2ncc(OCCCC#N)c(Cc3cc(C(F)(F)F)cc(C(F)(F)F)c3)n2)c2cc(C(F)(F)F)ccc2N1C(=O)OCCCC(=O)O. The van der Waals surface area contributed by atoms with Gasteiger partial charge in [-0.15, -0.1) is 0 Å². The Morgan fingerprint density at radius 2 is 1.62 bits per heavy atom. The molecule has 1 aliphatic rings. The van der Waals surface area contributed by atoms with Crippen LogP contribution in [0.2, 0.25) is 0 Å². The van der Waals surface area contributed by atoms with E-state index >= 15 is 0 Å². The number of carbonyl (C=O) groups is 2. The van der Waals surface area contributed by atoms with Crippen LogP contribution in [0.4, 0.5) is 55.9 Å². The van der Waals surface area contributed by atoms with Gasteiger partial charge in [0.05, 0.1) is 59.6 Å². The number of anilines is 2. The van der Waals surface area contributed by atoms with E-state index in [4.69, 9.17) is 19.8 Å². The molecule has 1 aliphatic heterocycles. The molecule has 0 saturated heterocycles. The molecule has 1 aromatic heterocycles. The van der Waals surface area contributed by atoms with Crippen molar-refractivity contribution in [2.75, 3.05) is 23.4 Å². The number of benzene rings is 2. The summed E-state index contributed by atoms with van der Waals surface area (Å²) in [5.41, 5.74) is -4.74. The predicted molar refractivity (Wildman–Crippen MR) is 169 cm³/mol. The lowest BCUT2D eigenvalue weighted by Crippen LogP contribution is -2.46. The van der Waals surface area contributed by atoms with Crippen LogP contribution in [0.3, 0.4) is 0 Å². The van der Waals surface area contributed by atoms with Gasteiger partial charge in [-0.05, 0) is 73.2 Å². The number of nitrogens with one attached hydrogen (secondary N) is 1. The van der Waals surface area contributed by atoms with Gasteiger partial charge in [0.25, 0.3) is 0 Å². The number of unbranched alkanes of at least 4 members (excludes halogenated alkanes) is 1. The molecule has 286 valence electrons. The second-order valence-electron chi connectivity index (χ2n) is 12.0. The minimum atomic E-state index is -5.12. The van der Waals surface area contributed by atoms with Gasteiger partial charge in [0.1, 0.15) is 0 Å². The number of alkyl halides is 9. The zero-order chi connectivity index (χ0) is 39.1. The van der Waals surface area contributed by atoms with Crippen molar-refractivity contribution >= 4 is 23.7 Å². The van der Waals surface area contributed by atoms with Crippen molar-refractivity contribution in [3.05, 3.63) is 76.1 Å². The van der Waals surface area contributed by atoms with Crippen molar-refractivity contribution in [1.82, 2.24) is 9.97 Å². The molecule has 3 aromatic rings. The van der Waals surface area contributed by atoms with Crippen LogP contribution in [0.25, 0.3) is 0 Å². The lowest BCUT2D eigenvalue weighted by molar-refractivity contribution is -0.143. The zero-order valence-corrected chi connectivity index (χ0v) is 27.8. The van der Waals surface area contributed by atoms with Gasteiger partial charge in [0, 0.05) is 25.3 Å². The first kappa shape index (κ1) is 40.5. The Morgan fingerprint density at radius 1 is 0.962 bits per heavy atom. The van der Waals surface area contributed by atoms with Gasteiger partial charge < -0.3 is 19.9 Å². The van der Waals surface area contributed by atoms with Crippen LogP contribution in [0.1, 0.15) is 85.0 Å². The standard InChI is InChI=1S/C34H32F9N5O5/c1-2-23-17-25(24-16-20(32(35,36)37)7-8-27(24)48(23)31(51)53-11-5-6-29(49)50)46-30-45-18-28(52-10-4-3-9-44)26(47-30)14-19-12-21(33(38,39)40)15-22(13-19)34(41,42)43/h7-8,12-13,15-16,18,23,25H,2-6,10-11,14,17H2,1H3,(H,49,50)(H,45,46,47)/t23-,25+/m1/s1. The number of nitriles is 1. The van der Waals surface area contributed by atoms with Gasteiger partial charge >= 0.3 is 30.6 Å². The van der Waals surface area contributed by atoms with E-state index in [-0.39, 0.29) is 86.4 Å². The van der Waals surface area contributed by atoms with Crippen molar-refractivity contribution in [3.8, 4) is 11.8 Å². The fourth-order valence-corrected chi connectivity index (χ4v) is 5.64. The van der Waals surface area contributed by atoms with Crippen LogP contribution >= 0.6 is 0 Å². The van der Waals surface area contributed by atoms with Gasteiger partial charge in [0.15, 0.2) is 5.75 Å². The summed E-state index contributed by atoms with van der Waals surface area (Å²) in [7, 11) is 0. The van der Waals surface area contributed by atoms with E-state index in [1.165, 1.54) is 4.90 Å². The van der Waals surface area contributed by atoms with E-state index in [1.54, 1.807) is 6.92 Å². The van der Waals surface area contributed by atoms with E-state index < -0.39 is 71.3 Å². The Labute approximate surface area is 296 Å². The molecule has 2 aromatic carbocycles. The minimum Gasteiger partial charge on any atom is -0.490 e. The van der Waals surface area contributed by atoms with Gasteiger partial charge in [-0.25, -0.2) is 14.8 Å². The molecule has 10 nitrogen and oxygen atoms in total. The molecule has 1 amide bonds. The van der Waals surface area contributed by atoms with E-state index in [2.05, 4.69) is 15.3 Å². The summed E-state index contributed by atoms with van der Waals surface area (Å²) < 4.78 is 134. The van der Waals surface area contributed by atoms with Crippen LogP contribution < -0.4 is 15.0 Å². The molecular formula is C34H32F9N5O5. The Bertz CT molecular complexity index is 1790. The van der Waals surface area contributed by atoms with Crippen LogP contribution in [-0.4, -0.2) is 46.4 Å². The summed E-state index contributed by atoms with van der Waals surface area (Å²) in [5, 5.41) is 20.6. The van der Waals surface area contributed by atoms with Crippen LogP contribution in [0.15, 0.2) is 42.6 Å². The fraction of sp³-hybridized carbons (Fsp3) is 0.441. The highest BCUT2D eigenvalue weighted by atomic mass is 19.4. The number of rotatable bonds is 13. The average molecular weight is 762 g/mol. The van der Waals surface area contributed by atoms with E-state index in [0.717, 1.165) is 24.4 Å². The third-order valence-corrected chi connectivity index (χ3v) is 8.13. The highest BCUT2D eigenvalue weighted by Crippen LogP contribution is 2.43. The van der Waals surface area contributed by atoms with Crippen molar-refractivity contribution < 1.29 is 63.7 Å². The maximum atomic E-state index is 13.9. The first-order valence-corrected chi connectivity index (χ1v) is 16.1. The van der Waals surface area contributed by atoms with Gasteiger partial charge in [-0.2, -0.15) is 44.8 Å². The number of ether oxygens (including phenoxy) is 2. The summed E-state index contributed by atoms with van der Waals surface area (Å²) in [4.78, 5) is 33.7.